The molecule has 3 rings (SSSR count). The van der Waals surface area contributed by atoms with Crippen molar-refractivity contribution in [3.8, 4) is 0 Å². The Morgan fingerprint density at radius 3 is 2.59 bits per heavy atom. The van der Waals surface area contributed by atoms with Crippen molar-refractivity contribution in [3.05, 3.63) is 41.2 Å². The lowest BCUT2D eigenvalue weighted by atomic mass is 10.2. The van der Waals surface area contributed by atoms with Crippen LogP contribution in [0.5, 0.6) is 0 Å². The zero-order valence-electron chi connectivity index (χ0n) is 15.6. The monoisotopic (exact) mass is 394 g/mol. The first-order valence-corrected chi connectivity index (χ1v) is 9.37. The third-order valence-electron chi connectivity index (χ3n) is 4.04. The number of rotatable bonds is 6. The van der Waals surface area contributed by atoms with E-state index in [0.29, 0.717) is 36.7 Å². The second-order valence-electron chi connectivity index (χ2n) is 5.80. The summed E-state index contributed by atoms with van der Waals surface area (Å²) in [6.45, 7) is 4.49. The van der Waals surface area contributed by atoms with Gasteiger partial charge in [-0.3, -0.25) is 5.01 Å². The smallest absolute Gasteiger partial charge is 0.226 e. The normalized spacial score (nSPS) is 18.6. The summed E-state index contributed by atoms with van der Waals surface area (Å²) in [7, 11) is 0. The number of hydrogen-bond acceptors (Lipinski definition) is 8. The van der Waals surface area contributed by atoms with Crippen molar-refractivity contribution in [2.24, 2.45) is 5.84 Å². The number of hydrogen-bond donors (Lipinski definition) is 4. The highest BCUT2D eigenvalue weighted by Crippen LogP contribution is 2.31. The molecule has 1 saturated heterocycles. The highest BCUT2D eigenvalue weighted by atomic mass is 35.5. The first-order chi connectivity index (χ1) is 13.1. The Bertz CT molecular complexity index is 718. The number of hydrazine groups is 1. The van der Waals surface area contributed by atoms with Crippen LogP contribution in [0.3, 0.4) is 0 Å². The van der Waals surface area contributed by atoms with Crippen LogP contribution in [0, 0.1) is 0 Å². The highest BCUT2D eigenvalue weighted by molar-refractivity contribution is 6.28. The molecule has 0 bridgehead atoms. The Morgan fingerprint density at radius 1 is 1.26 bits per heavy atom. The van der Waals surface area contributed by atoms with Crippen LogP contribution in [-0.2, 0) is 11.3 Å². The fourth-order valence-electron chi connectivity index (χ4n) is 2.71. The number of aromatic nitrogens is 2. The third kappa shape index (κ3) is 5.43. The molecule has 1 fully saturated rings. The Balaban J connectivity index is 0.00000126. The summed E-state index contributed by atoms with van der Waals surface area (Å²) in [5, 5.41) is 13.7. The van der Waals surface area contributed by atoms with E-state index in [1.54, 1.807) is 0 Å². The summed E-state index contributed by atoms with van der Waals surface area (Å²) >= 11 is 6.03. The Morgan fingerprint density at radius 2 is 1.96 bits per heavy atom. The molecule has 2 unspecified atom stereocenters. The topological polar surface area (TPSA) is 123 Å². The molecule has 0 radical (unpaired) electrons. The van der Waals surface area contributed by atoms with Gasteiger partial charge in [-0.05, 0) is 30.0 Å². The molecular weight excluding hydrogens is 368 g/mol. The lowest BCUT2D eigenvalue weighted by molar-refractivity contribution is 0.0103. The molecule has 148 valence electrons. The maximum Gasteiger partial charge on any atom is 0.226 e. The van der Waals surface area contributed by atoms with Gasteiger partial charge in [-0.15, -0.1) is 0 Å². The fraction of sp³-hybridized carbons (Fsp3) is 0.444. The molecule has 8 nitrogen and oxygen atoms in total. The Hall–Kier alpha value is -2.13. The Labute approximate surface area is 164 Å². The van der Waals surface area contributed by atoms with E-state index in [-0.39, 0.29) is 18.0 Å². The van der Waals surface area contributed by atoms with Crippen molar-refractivity contribution in [2.75, 3.05) is 22.7 Å². The van der Waals surface area contributed by atoms with Crippen LogP contribution in [0.4, 0.5) is 17.3 Å². The van der Waals surface area contributed by atoms with Gasteiger partial charge in [-0.25, -0.2) is 5.84 Å². The van der Waals surface area contributed by atoms with Crippen LogP contribution in [0.1, 0.15) is 32.3 Å². The summed E-state index contributed by atoms with van der Waals surface area (Å²) in [6.07, 6.45) is 0.722. The lowest BCUT2D eigenvalue weighted by Crippen LogP contribution is -2.42. The van der Waals surface area contributed by atoms with E-state index in [9.17, 15) is 5.11 Å². The maximum absolute atomic E-state index is 9.19. The minimum Gasteiger partial charge on any atom is -0.394 e. The van der Waals surface area contributed by atoms with E-state index in [1.165, 1.54) is 5.01 Å². The number of nitrogens with one attached hydrogen (secondary N) is 1. The molecule has 0 saturated carbocycles. The largest absolute Gasteiger partial charge is 0.394 e. The van der Waals surface area contributed by atoms with Crippen LogP contribution in [0.15, 0.2) is 30.3 Å². The summed E-state index contributed by atoms with van der Waals surface area (Å²) < 4.78 is 5.66. The van der Waals surface area contributed by atoms with Crippen LogP contribution in [-0.4, -0.2) is 34.0 Å². The molecule has 1 aliphatic rings. The lowest BCUT2D eigenvalue weighted by Gasteiger charge is -2.26. The van der Waals surface area contributed by atoms with Gasteiger partial charge >= 0.3 is 0 Å². The van der Waals surface area contributed by atoms with Gasteiger partial charge in [0, 0.05) is 6.54 Å². The van der Waals surface area contributed by atoms with Crippen molar-refractivity contribution in [1.82, 2.24) is 9.97 Å². The summed E-state index contributed by atoms with van der Waals surface area (Å²) in [6, 6.07) is 9.84. The summed E-state index contributed by atoms with van der Waals surface area (Å²) in [5.74, 6) is 6.83. The molecule has 9 heteroatoms. The minimum atomic E-state index is -0.424. The number of nitrogens with zero attached hydrogens (tertiary/aromatic N) is 3. The molecular formula is C18H27ClN6O2. The van der Waals surface area contributed by atoms with Gasteiger partial charge in [0.25, 0.3) is 0 Å². The predicted molar refractivity (Wildman–Crippen MR) is 108 cm³/mol. The fourth-order valence-corrected chi connectivity index (χ4v) is 2.87. The number of nitrogen functional groups attached to an aromatic ring is 1. The van der Waals surface area contributed by atoms with E-state index < -0.39 is 6.23 Å². The minimum absolute atomic E-state index is 0.0342. The standard InChI is InChI=1S/C16H21ClN6O2.C2H6/c17-16-21-14(20-8-10-4-2-1-3-5-10)13(18)15(22-16)23(19)12-7-6-11(9-24)25-12;1-2/h1-5,11-12,24H,6-9,18-19H2,(H,20,21,22);1-2H3. The molecule has 1 aromatic heterocycles. The van der Waals surface area contributed by atoms with Crippen LogP contribution >= 0.6 is 11.6 Å². The molecule has 2 aromatic rings. The van der Waals surface area contributed by atoms with Crippen molar-refractivity contribution in [3.63, 3.8) is 0 Å². The molecule has 0 amide bonds. The SMILES string of the molecule is CC.Nc1c(NCc2ccccc2)nc(Cl)nc1N(N)C1CCC(CO)O1. The first-order valence-electron chi connectivity index (χ1n) is 8.99. The molecule has 0 aliphatic carbocycles. The van der Waals surface area contributed by atoms with Crippen LogP contribution in [0.25, 0.3) is 0 Å². The number of halogens is 1. The van der Waals surface area contributed by atoms with Crippen molar-refractivity contribution in [1.29, 1.82) is 0 Å². The van der Waals surface area contributed by atoms with Crippen LogP contribution < -0.4 is 21.9 Å². The van der Waals surface area contributed by atoms with E-state index in [2.05, 4.69) is 15.3 Å². The summed E-state index contributed by atoms with van der Waals surface area (Å²) in [4.78, 5) is 8.28. The number of benzene rings is 1. The number of aliphatic hydroxyl groups excluding tert-OH is 1. The number of anilines is 3. The number of aliphatic hydroxyl groups is 1. The Kier molecular flexibility index (Phi) is 8.05. The van der Waals surface area contributed by atoms with E-state index in [0.717, 1.165) is 5.56 Å². The second-order valence-corrected chi connectivity index (χ2v) is 6.14. The molecule has 2 heterocycles. The van der Waals surface area contributed by atoms with E-state index in [1.807, 2.05) is 44.2 Å². The molecule has 1 aromatic carbocycles. The van der Waals surface area contributed by atoms with Crippen molar-refractivity contribution < 1.29 is 9.84 Å². The van der Waals surface area contributed by atoms with Gasteiger partial charge in [0.2, 0.25) is 5.28 Å². The van der Waals surface area contributed by atoms with Gasteiger partial charge in [-0.1, -0.05) is 44.2 Å². The van der Waals surface area contributed by atoms with Crippen molar-refractivity contribution >= 4 is 28.9 Å². The predicted octanol–water partition coefficient (Wildman–Crippen LogP) is 2.53. The zero-order chi connectivity index (χ0) is 19.8. The van der Waals surface area contributed by atoms with Gasteiger partial charge in [0.1, 0.15) is 11.9 Å². The number of ether oxygens (including phenoxy) is 1. The zero-order valence-corrected chi connectivity index (χ0v) is 16.4. The first kappa shape index (κ1) is 21.2. The van der Waals surface area contributed by atoms with Gasteiger partial charge in [-0.2, -0.15) is 9.97 Å². The van der Waals surface area contributed by atoms with E-state index >= 15 is 0 Å². The quantitative estimate of drug-likeness (QED) is 0.335. The van der Waals surface area contributed by atoms with Crippen LogP contribution in [0.2, 0.25) is 5.28 Å². The molecule has 6 N–H and O–H groups in total. The van der Waals surface area contributed by atoms with E-state index in [4.69, 9.17) is 27.9 Å². The molecule has 0 spiro atoms. The average molecular weight is 395 g/mol. The third-order valence-corrected chi connectivity index (χ3v) is 4.21. The summed E-state index contributed by atoms with van der Waals surface area (Å²) in [5.41, 5.74) is 7.55. The molecule has 2 atom stereocenters. The highest BCUT2D eigenvalue weighted by Gasteiger charge is 2.30. The maximum atomic E-state index is 9.19. The number of nitrogens with two attached hydrogens (primary N) is 2. The van der Waals surface area contributed by atoms with Crippen molar-refractivity contribution in [2.45, 2.75) is 45.6 Å². The van der Waals surface area contributed by atoms with Gasteiger partial charge in [0.15, 0.2) is 11.6 Å². The molecule has 1 aliphatic heterocycles. The van der Waals surface area contributed by atoms with Gasteiger partial charge in [0.05, 0.1) is 12.7 Å². The second kappa shape index (κ2) is 10.3. The average Bonchev–Trinajstić information content (AvgIpc) is 3.19. The van der Waals surface area contributed by atoms with Gasteiger partial charge < -0.3 is 20.9 Å². The molecule has 27 heavy (non-hydrogen) atoms.